The van der Waals surface area contributed by atoms with Crippen molar-refractivity contribution in [2.45, 2.75) is 6.04 Å². The summed E-state index contributed by atoms with van der Waals surface area (Å²) in [4.78, 5) is 40.7. The van der Waals surface area contributed by atoms with Crippen molar-refractivity contribution >= 4 is 17.8 Å². The van der Waals surface area contributed by atoms with Crippen molar-refractivity contribution in [1.29, 1.82) is 0 Å². The predicted octanol–water partition coefficient (Wildman–Crippen LogP) is 0.937. The van der Waals surface area contributed by atoms with Crippen molar-refractivity contribution in [2.75, 3.05) is 39.9 Å². The second kappa shape index (κ2) is 8.87. The Balaban J connectivity index is 1.86. The van der Waals surface area contributed by atoms with E-state index in [9.17, 15) is 18.8 Å². The van der Waals surface area contributed by atoms with Gasteiger partial charge in [0.1, 0.15) is 12.4 Å². The molecule has 0 aliphatic carbocycles. The summed E-state index contributed by atoms with van der Waals surface area (Å²) in [6.45, 7) is 4.58. The molecule has 1 atom stereocenters. The minimum absolute atomic E-state index is 0.130. The van der Waals surface area contributed by atoms with Gasteiger partial charge >= 0.3 is 6.03 Å². The van der Waals surface area contributed by atoms with E-state index in [0.717, 1.165) is 0 Å². The number of hydrogen-bond acceptors (Lipinski definition) is 4. The lowest BCUT2D eigenvalue weighted by Gasteiger charge is -2.33. The average Bonchev–Trinajstić information content (AvgIpc) is 3.01. The highest BCUT2D eigenvalue weighted by molar-refractivity contribution is 6.03. The zero-order chi connectivity index (χ0) is 21.0. The molecule has 0 saturated heterocycles. The van der Waals surface area contributed by atoms with Crippen LogP contribution in [0.1, 0.15) is 11.6 Å². The van der Waals surface area contributed by atoms with Crippen molar-refractivity contribution in [1.82, 2.24) is 20.4 Å². The van der Waals surface area contributed by atoms with Crippen LogP contribution in [-0.4, -0.2) is 67.5 Å². The number of benzene rings is 1. The van der Waals surface area contributed by atoms with Crippen molar-refractivity contribution < 1.29 is 23.5 Å². The average molecular weight is 402 g/mol. The number of carbonyl (C=O) groups excluding carboxylic acids is 3. The lowest BCUT2D eigenvalue weighted by molar-refractivity contribution is -0.132. The summed E-state index contributed by atoms with van der Waals surface area (Å²) in [5.41, 5.74) is 1.49. The molecule has 1 aromatic carbocycles. The number of nitrogens with zero attached hydrogens (tertiary/aromatic N) is 2. The molecule has 9 heteroatoms. The Labute approximate surface area is 168 Å². The maximum absolute atomic E-state index is 13.3. The van der Waals surface area contributed by atoms with E-state index in [1.807, 2.05) is 0 Å². The summed E-state index contributed by atoms with van der Waals surface area (Å²) < 4.78 is 18.2. The number of carbonyl (C=O) groups is 3. The number of nitrogens with one attached hydrogen (secondary N) is 2. The van der Waals surface area contributed by atoms with E-state index in [1.165, 1.54) is 41.2 Å². The third-order valence-electron chi connectivity index (χ3n) is 4.77. The van der Waals surface area contributed by atoms with Gasteiger partial charge in [-0.1, -0.05) is 18.2 Å². The Hall–Kier alpha value is -3.20. The molecule has 4 amide bonds. The molecular formula is C20H23FN4O4. The third kappa shape index (κ3) is 4.29. The van der Waals surface area contributed by atoms with Gasteiger partial charge in [0.05, 0.1) is 30.5 Å². The van der Waals surface area contributed by atoms with Gasteiger partial charge in [0.25, 0.3) is 5.91 Å². The summed E-state index contributed by atoms with van der Waals surface area (Å²) in [6, 6.07) is 4.52. The Bertz CT molecular complexity index is 853. The molecular weight excluding hydrogens is 379 g/mol. The molecule has 0 spiro atoms. The number of urea groups is 1. The van der Waals surface area contributed by atoms with Crippen LogP contribution in [-0.2, 0) is 14.3 Å². The second-order valence-corrected chi connectivity index (χ2v) is 6.70. The largest absolute Gasteiger partial charge is 0.383 e. The topological polar surface area (TPSA) is 91.0 Å². The van der Waals surface area contributed by atoms with Crippen LogP contribution in [0.3, 0.4) is 0 Å². The van der Waals surface area contributed by atoms with Crippen molar-refractivity contribution in [2.24, 2.45) is 0 Å². The minimum Gasteiger partial charge on any atom is -0.383 e. The molecule has 0 fully saturated rings. The standard InChI is InChI=1S/C20H23FN4O4/c1-3-9-25-15-11-24(12-16(26)22-8-10-29-2)19(27)17(15)18(23-20(25)28)13-4-6-14(21)7-5-13/h3-7,18H,1,8-12H2,2H3,(H,22,26)(H,23,28)/t18-/m0/s1. The van der Waals surface area contributed by atoms with E-state index in [0.29, 0.717) is 30.0 Å². The number of halogens is 1. The van der Waals surface area contributed by atoms with Gasteiger partial charge in [-0.2, -0.15) is 0 Å². The molecule has 2 aliphatic heterocycles. The molecule has 8 nitrogen and oxygen atoms in total. The van der Waals surface area contributed by atoms with Gasteiger partial charge in [0, 0.05) is 20.2 Å². The fourth-order valence-electron chi connectivity index (χ4n) is 3.43. The van der Waals surface area contributed by atoms with Crippen LogP contribution in [0.15, 0.2) is 48.2 Å². The molecule has 154 valence electrons. The first kappa shape index (κ1) is 20.5. The van der Waals surface area contributed by atoms with E-state index >= 15 is 0 Å². The Kier molecular flexibility index (Phi) is 6.28. The Morgan fingerprint density at radius 3 is 2.76 bits per heavy atom. The third-order valence-corrected chi connectivity index (χ3v) is 4.77. The second-order valence-electron chi connectivity index (χ2n) is 6.70. The normalized spacial score (nSPS) is 18.6. The fraction of sp³-hybridized carbons (Fsp3) is 0.350. The zero-order valence-corrected chi connectivity index (χ0v) is 16.1. The number of methoxy groups -OCH3 is 1. The first-order chi connectivity index (χ1) is 14.0. The molecule has 0 bridgehead atoms. The van der Waals surface area contributed by atoms with Crippen molar-refractivity contribution in [3.8, 4) is 0 Å². The maximum Gasteiger partial charge on any atom is 0.322 e. The quantitative estimate of drug-likeness (QED) is 0.500. The number of ether oxygens (including phenoxy) is 1. The van der Waals surface area contributed by atoms with Crippen LogP contribution in [0.25, 0.3) is 0 Å². The van der Waals surface area contributed by atoms with E-state index in [4.69, 9.17) is 4.74 Å². The van der Waals surface area contributed by atoms with Crippen LogP contribution in [0, 0.1) is 5.82 Å². The first-order valence-electron chi connectivity index (χ1n) is 9.18. The van der Waals surface area contributed by atoms with Crippen LogP contribution >= 0.6 is 0 Å². The van der Waals surface area contributed by atoms with Crippen LogP contribution in [0.2, 0.25) is 0 Å². The monoisotopic (exact) mass is 402 g/mol. The highest BCUT2D eigenvalue weighted by Gasteiger charge is 2.44. The van der Waals surface area contributed by atoms with Gasteiger partial charge in [-0.15, -0.1) is 6.58 Å². The minimum atomic E-state index is -0.715. The van der Waals surface area contributed by atoms with Gasteiger partial charge in [-0.05, 0) is 17.7 Å². The molecule has 0 unspecified atom stereocenters. The summed E-state index contributed by atoms with van der Waals surface area (Å²) in [7, 11) is 1.53. The molecule has 29 heavy (non-hydrogen) atoms. The molecule has 3 rings (SSSR count). The number of hydrogen-bond donors (Lipinski definition) is 2. The van der Waals surface area contributed by atoms with E-state index in [-0.39, 0.29) is 37.5 Å². The van der Waals surface area contributed by atoms with Gasteiger partial charge in [0.15, 0.2) is 0 Å². The summed E-state index contributed by atoms with van der Waals surface area (Å²) in [5, 5.41) is 5.48. The maximum atomic E-state index is 13.3. The summed E-state index contributed by atoms with van der Waals surface area (Å²) >= 11 is 0. The van der Waals surface area contributed by atoms with E-state index in [1.54, 1.807) is 6.08 Å². The first-order valence-corrected chi connectivity index (χ1v) is 9.18. The molecule has 0 aromatic heterocycles. The van der Waals surface area contributed by atoms with Gasteiger partial charge < -0.3 is 20.3 Å². The highest BCUT2D eigenvalue weighted by atomic mass is 19.1. The van der Waals surface area contributed by atoms with Crippen LogP contribution in [0.5, 0.6) is 0 Å². The smallest absolute Gasteiger partial charge is 0.322 e. The fourth-order valence-corrected chi connectivity index (χ4v) is 3.43. The molecule has 2 N–H and O–H groups in total. The Morgan fingerprint density at radius 2 is 2.10 bits per heavy atom. The van der Waals surface area contributed by atoms with Crippen molar-refractivity contribution in [3.05, 3.63) is 59.6 Å². The predicted molar refractivity (Wildman–Crippen MR) is 103 cm³/mol. The molecule has 2 aliphatic rings. The summed E-state index contributed by atoms with van der Waals surface area (Å²) in [5.74, 6) is -1.07. The van der Waals surface area contributed by atoms with E-state index < -0.39 is 11.9 Å². The number of amides is 4. The Morgan fingerprint density at radius 1 is 1.38 bits per heavy atom. The highest BCUT2D eigenvalue weighted by Crippen LogP contribution is 2.36. The van der Waals surface area contributed by atoms with Gasteiger partial charge in [0.2, 0.25) is 5.91 Å². The molecule has 2 heterocycles. The molecule has 1 aromatic rings. The summed E-state index contributed by atoms with van der Waals surface area (Å²) in [6.07, 6.45) is 1.56. The lowest BCUT2D eigenvalue weighted by atomic mass is 9.95. The van der Waals surface area contributed by atoms with E-state index in [2.05, 4.69) is 17.2 Å². The SMILES string of the molecule is C=CCN1C(=O)N[C@@H](c2ccc(F)cc2)C2=C1CN(CC(=O)NCCOC)C2=O. The van der Waals surface area contributed by atoms with Gasteiger partial charge in [-0.3, -0.25) is 14.5 Å². The lowest BCUT2D eigenvalue weighted by Crippen LogP contribution is -2.47. The van der Waals surface area contributed by atoms with Crippen LogP contribution < -0.4 is 10.6 Å². The molecule has 0 saturated carbocycles. The molecule has 0 radical (unpaired) electrons. The number of rotatable bonds is 8. The van der Waals surface area contributed by atoms with Crippen molar-refractivity contribution in [3.63, 3.8) is 0 Å². The van der Waals surface area contributed by atoms with Crippen LogP contribution in [0.4, 0.5) is 9.18 Å². The van der Waals surface area contributed by atoms with Gasteiger partial charge in [-0.25, -0.2) is 9.18 Å². The zero-order valence-electron chi connectivity index (χ0n) is 16.1.